The van der Waals surface area contributed by atoms with E-state index in [4.69, 9.17) is 14.5 Å². The zero-order chi connectivity index (χ0) is 23.7. The smallest absolute Gasteiger partial charge is 0.260 e. The first kappa shape index (κ1) is 22.6. The SMILES string of the molecule is COc1cc(-c2nc3sc4c(c3c(=O)[nH]2)CCCCC4)c(Br)cc1OCc1ccccc1C#N. The molecule has 0 spiro atoms. The van der Waals surface area contributed by atoms with E-state index < -0.39 is 0 Å². The number of nitrogens with zero attached hydrogens (tertiary/aromatic N) is 2. The number of aromatic nitrogens is 2. The largest absolute Gasteiger partial charge is 0.493 e. The molecule has 34 heavy (non-hydrogen) atoms. The molecule has 8 heteroatoms. The van der Waals surface area contributed by atoms with Gasteiger partial charge in [0.05, 0.1) is 24.1 Å². The topological polar surface area (TPSA) is 88.0 Å². The zero-order valence-corrected chi connectivity index (χ0v) is 21.0. The van der Waals surface area contributed by atoms with Crippen molar-refractivity contribution in [3.8, 4) is 29.0 Å². The van der Waals surface area contributed by atoms with E-state index in [9.17, 15) is 10.1 Å². The van der Waals surface area contributed by atoms with Gasteiger partial charge in [0.15, 0.2) is 11.5 Å². The van der Waals surface area contributed by atoms with E-state index in [1.54, 1.807) is 36.6 Å². The Kier molecular flexibility index (Phi) is 6.40. The fourth-order valence-corrected chi connectivity index (χ4v) is 6.14. The summed E-state index contributed by atoms with van der Waals surface area (Å²) < 4.78 is 12.3. The summed E-state index contributed by atoms with van der Waals surface area (Å²) in [6.45, 7) is 0.230. The van der Waals surface area contributed by atoms with Gasteiger partial charge in [0.2, 0.25) is 0 Å². The van der Waals surface area contributed by atoms with Crippen LogP contribution in [0.1, 0.15) is 40.8 Å². The Labute approximate surface area is 209 Å². The molecule has 172 valence electrons. The molecule has 0 bridgehead atoms. The number of halogens is 1. The number of benzene rings is 2. The van der Waals surface area contributed by atoms with E-state index in [0.29, 0.717) is 28.5 Å². The molecule has 2 aromatic heterocycles. The van der Waals surface area contributed by atoms with Gasteiger partial charge in [0.1, 0.15) is 17.3 Å². The Hall–Kier alpha value is -3.15. The molecule has 0 saturated heterocycles. The first-order valence-electron chi connectivity index (χ1n) is 11.1. The summed E-state index contributed by atoms with van der Waals surface area (Å²) in [5.41, 5.74) is 3.15. The molecule has 0 saturated carbocycles. The zero-order valence-electron chi connectivity index (χ0n) is 18.6. The molecule has 4 aromatic rings. The third-order valence-electron chi connectivity index (χ3n) is 6.10. The molecule has 6 nitrogen and oxygen atoms in total. The first-order valence-corrected chi connectivity index (χ1v) is 12.7. The van der Waals surface area contributed by atoms with E-state index in [0.717, 1.165) is 45.9 Å². The van der Waals surface area contributed by atoms with Crippen LogP contribution in [0.4, 0.5) is 0 Å². The Morgan fingerprint density at radius 1 is 1.18 bits per heavy atom. The van der Waals surface area contributed by atoms with Crippen LogP contribution in [0.25, 0.3) is 21.6 Å². The van der Waals surface area contributed by atoms with Crippen LogP contribution in [0.5, 0.6) is 11.5 Å². The normalized spacial score (nSPS) is 13.2. The fourth-order valence-electron chi connectivity index (χ4n) is 4.37. The quantitative estimate of drug-likeness (QED) is 0.310. The van der Waals surface area contributed by atoms with Crippen LogP contribution in [-0.4, -0.2) is 17.1 Å². The molecule has 0 fully saturated rings. The monoisotopic (exact) mass is 535 g/mol. The highest BCUT2D eigenvalue weighted by Gasteiger charge is 2.21. The van der Waals surface area contributed by atoms with E-state index in [-0.39, 0.29) is 12.2 Å². The number of rotatable bonds is 5. The van der Waals surface area contributed by atoms with Crippen molar-refractivity contribution in [2.75, 3.05) is 7.11 Å². The number of fused-ring (bicyclic) bond motifs is 3. The molecular formula is C26H22BrN3O3S. The van der Waals surface area contributed by atoms with Crippen molar-refractivity contribution < 1.29 is 9.47 Å². The summed E-state index contributed by atoms with van der Waals surface area (Å²) in [7, 11) is 1.57. The second-order valence-electron chi connectivity index (χ2n) is 8.20. The van der Waals surface area contributed by atoms with Crippen LogP contribution in [0, 0.1) is 11.3 Å². The lowest BCUT2D eigenvalue weighted by Crippen LogP contribution is -2.10. The molecular weight excluding hydrogens is 514 g/mol. The number of nitrogens with one attached hydrogen (secondary N) is 1. The molecule has 0 radical (unpaired) electrons. The highest BCUT2D eigenvalue weighted by atomic mass is 79.9. The molecule has 0 aliphatic heterocycles. The maximum Gasteiger partial charge on any atom is 0.260 e. The number of aromatic amines is 1. The number of nitriles is 1. The minimum atomic E-state index is -0.0984. The van der Waals surface area contributed by atoms with E-state index in [1.807, 2.05) is 18.2 Å². The van der Waals surface area contributed by atoms with Gasteiger partial charge in [-0.3, -0.25) is 4.79 Å². The predicted molar refractivity (Wildman–Crippen MR) is 137 cm³/mol. The standard InChI is InChI=1S/C26H22BrN3O3S/c1-32-20-11-18(19(27)12-21(20)33-14-16-8-6-5-7-15(16)13-28)24-29-25(31)23-17-9-3-2-4-10-22(17)34-26(23)30-24/h5-8,11-12H,2-4,9-10,14H2,1H3,(H,29,30,31). The van der Waals surface area contributed by atoms with Gasteiger partial charge in [-0.1, -0.05) is 24.6 Å². The minimum absolute atomic E-state index is 0.0984. The number of H-pyrrole nitrogens is 1. The fraction of sp³-hybridized carbons (Fsp3) is 0.269. The number of thiophene rings is 1. The lowest BCUT2D eigenvalue weighted by atomic mass is 10.1. The third-order valence-corrected chi connectivity index (χ3v) is 7.95. The predicted octanol–water partition coefficient (Wildman–Crippen LogP) is 6.14. The van der Waals surface area contributed by atoms with E-state index in [1.165, 1.54) is 16.9 Å². The van der Waals surface area contributed by atoms with Crippen molar-refractivity contribution in [1.82, 2.24) is 9.97 Å². The highest BCUT2D eigenvalue weighted by molar-refractivity contribution is 9.10. The van der Waals surface area contributed by atoms with Gasteiger partial charge in [-0.05, 0) is 65.4 Å². The molecule has 1 N–H and O–H groups in total. The van der Waals surface area contributed by atoms with E-state index >= 15 is 0 Å². The van der Waals surface area contributed by atoms with Crippen molar-refractivity contribution in [2.45, 2.75) is 38.7 Å². The molecule has 0 atom stereocenters. The second-order valence-corrected chi connectivity index (χ2v) is 10.1. The van der Waals surface area contributed by atoms with Crippen molar-refractivity contribution in [1.29, 1.82) is 5.26 Å². The number of hydrogen-bond donors (Lipinski definition) is 1. The molecule has 2 aromatic carbocycles. The van der Waals surface area contributed by atoms with Gasteiger partial charge in [-0.15, -0.1) is 11.3 Å². The van der Waals surface area contributed by atoms with Gasteiger partial charge in [0, 0.05) is 20.5 Å². The molecule has 0 amide bonds. The van der Waals surface area contributed by atoms with Crippen molar-refractivity contribution in [3.63, 3.8) is 0 Å². The highest BCUT2D eigenvalue weighted by Crippen LogP contribution is 2.39. The van der Waals surface area contributed by atoms with Gasteiger partial charge in [-0.2, -0.15) is 5.26 Å². The van der Waals surface area contributed by atoms with Crippen LogP contribution in [-0.2, 0) is 19.4 Å². The van der Waals surface area contributed by atoms with Crippen LogP contribution in [0.2, 0.25) is 0 Å². The summed E-state index contributed by atoms with van der Waals surface area (Å²) in [6.07, 6.45) is 5.44. The average Bonchev–Trinajstić information content (AvgIpc) is 3.04. The Morgan fingerprint density at radius 2 is 2.00 bits per heavy atom. The molecule has 0 unspecified atom stereocenters. The summed E-state index contributed by atoms with van der Waals surface area (Å²) in [6, 6.07) is 13.1. The molecule has 1 aliphatic rings. The van der Waals surface area contributed by atoms with Gasteiger partial charge in [0.25, 0.3) is 5.56 Å². The van der Waals surface area contributed by atoms with Crippen LogP contribution < -0.4 is 15.0 Å². The maximum atomic E-state index is 13.1. The molecule has 2 heterocycles. The lowest BCUT2D eigenvalue weighted by Gasteiger charge is -2.14. The first-order chi connectivity index (χ1) is 16.6. The van der Waals surface area contributed by atoms with Gasteiger partial charge >= 0.3 is 0 Å². The molecule has 1 aliphatic carbocycles. The van der Waals surface area contributed by atoms with E-state index in [2.05, 4.69) is 27.0 Å². The Morgan fingerprint density at radius 3 is 2.82 bits per heavy atom. The third kappa shape index (κ3) is 4.22. The Balaban J connectivity index is 1.51. The van der Waals surface area contributed by atoms with Crippen LogP contribution >= 0.6 is 27.3 Å². The van der Waals surface area contributed by atoms with Gasteiger partial charge < -0.3 is 14.5 Å². The number of ether oxygens (including phenoxy) is 2. The maximum absolute atomic E-state index is 13.1. The summed E-state index contributed by atoms with van der Waals surface area (Å²) in [5.74, 6) is 1.52. The second kappa shape index (κ2) is 9.61. The molecule has 5 rings (SSSR count). The summed E-state index contributed by atoms with van der Waals surface area (Å²) in [4.78, 5) is 23.0. The number of aryl methyl sites for hydroxylation is 2. The van der Waals surface area contributed by atoms with Gasteiger partial charge in [-0.25, -0.2) is 4.98 Å². The Bertz CT molecular complexity index is 1490. The van der Waals surface area contributed by atoms with Crippen LogP contribution in [0.3, 0.4) is 0 Å². The lowest BCUT2D eigenvalue weighted by molar-refractivity contribution is 0.284. The number of hydrogen-bond acceptors (Lipinski definition) is 6. The summed E-state index contributed by atoms with van der Waals surface area (Å²) in [5, 5.41) is 10.1. The minimum Gasteiger partial charge on any atom is -0.493 e. The average molecular weight is 536 g/mol. The van der Waals surface area contributed by atoms with Crippen molar-refractivity contribution in [2.24, 2.45) is 0 Å². The van der Waals surface area contributed by atoms with Crippen molar-refractivity contribution in [3.05, 3.63) is 72.8 Å². The summed E-state index contributed by atoms with van der Waals surface area (Å²) >= 11 is 5.25. The van der Waals surface area contributed by atoms with Crippen molar-refractivity contribution >= 4 is 37.5 Å². The van der Waals surface area contributed by atoms with Crippen LogP contribution in [0.15, 0.2) is 45.7 Å². The number of methoxy groups -OCH3 is 1.